The molecule has 0 radical (unpaired) electrons. The topological polar surface area (TPSA) is 51.7 Å². The number of carbonyl (C=O) groups is 1. The molecule has 1 fully saturated rings. The highest BCUT2D eigenvalue weighted by atomic mass is 35.5. The Morgan fingerprint density at radius 2 is 2.47 bits per heavy atom. The average Bonchev–Trinajstić information content (AvgIpc) is 2.47. The summed E-state index contributed by atoms with van der Waals surface area (Å²) >= 11 is 5.80. The van der Waals surface area contributed by atoms with Crippen LogP contribution in [-0.2, 0) is 4.74 Å². The van der Waals surface area contributed by atoms with E-state index in [-0.39, 0.29) is 18.1 Å². The number of aromatic nitrogens is 1. The molecule has 0 aliphatic carbocycles. The minimum Gasteiger partial charge on any atom is -0.480 e. The van der Waals surface area contributed by atoms with E-state index < -0.39 is 0 Å². The zero-order valence-corrected chi connectivity index (χ0v) is 11.8. The van der Waals surface area contributed by atoms with Crippen molar-refractivity contribution in [2.45, 2.75) is 19.1 Å². The number of hydrogen-bond acceptors (Lipinski definition) is 4. The molecule has 6 heteroatoms. The van der Waals surface area contributed by atoms with Crippen LogP contribution in [0.1, 0.15) is 17.3 Å². The fourth-order valence-electron chi connectivity index (χ4n) is 2.06. The second kappa shape index (κ2) is 6.21. The maximum Gasteiger partial charge on any atom is 0.259 e. The molecule has 1 saturated heterocycles. The number of alkyl halides is 1. The van der Waals surface area contributed by atoms with Crippen LogP contribution in [0.5, 0.6) is 5.88 Å². The molecule has 2 unspecified atom stereocenters. The number of morpholine rings is 1. The van der Waals surface area contributed by atoms with Gasteiger partial charge in [-0.25, -0.2) is 4.98 Å². The molecule has 1 amide bonds. The van der Waals surface area contributed by atoms with Crippen LogP contribution in [0, 0.1) is 0 Å². The summed E-state index contributed by atoms with van der Waals surface area (Å²) in [6.07, 6.45) is 1.48. The first-order valence-corrected chi connectivity index (χ1v) is 6.68. The van der Waals surface area contributed by atoms with Gasteiger partial charge >= 0.3 is 0 Å². The number of methoxy groups -OCH3 is 1. The van der Waals surface area contributed by atoms with Crippen LogP contribution in [-0.4, -0.2) is 54.1 Å². The number of nitrogens with zero attached hydrogens (tertiary/aromatic N) is 2. The average molecular weight is 285 g/mol. The van der Waals surface area contributed by atoms with Crippen molar-refractivity contribution >= 4 is 17.5 Å². The van der Waals surface area contributed by atoms with Gasteiger partial charge in [-0.3, -0.25) is 4.79 Å². The minimum absolute atomic E-state index is 0.0110. The smallest absolute Gasteiger partial charge is 0.259 e. The summed E-state index contributed by atoms with van der Waals surface area (Å²) in [7, 11) is 1.50. The molecule has 0 spiro atoms. The summed E-state index contributed by atoms with van der Waals surface area (Å²) in [5.41, 5.74) is 0.465. The van der Waals surface area contributed by atoms with E-state index in [1.807, 2.05) is 6.92 Å². The molecule has 104 valence electrons. The second-order valence-corrected chi connectivity index (χ2v) is 4.79. The fraction of sp³-hybridized carbons (Fsp3) is 0.538. The molecule has 2 rings (SSSR count). The van der Waals surface area contributed by atoms with E-state index in [1.54, 1.807) is 23.2 Å². The molecular weight excluding hydrogens is 268 g/mol. The Morgan fingerprint density at radius 3 is 3.16 bits per heavy atom. The van der Waals surface area contributed by atoms with Crippen LogP contribution in [0.4, 0.5) is 0 Å². The van der Waals surface area contributed by atoms with Crippen LogP contribution in [0.2, 0.25) is 0 Å². The predicted octanol–water partition coefficient (Wildman–Crippen LogP) is 1.56. The number of halogens is 1. The molecular formula is C13H17ClN2O3. The second-order valence-electron chi connectivity index (χ2n) is 4.48. The summed E-state index contributed by atoms with van der Waals surface area (Å²) in [5.74, 6) is 0.616. The minimum atomic E-state index is -0.121. The van der Waals surface area contributed by atoms with Gasteiger partial charge in [-0.15, -0.1) is 11.6 Å². The van der Waals surface area contributed by atoms with Crippen molar-refractivity contribution < 1.29 is 14.3 Å². The summed E-state index contributed by atoms with van der Waals surface area (Å²) in [4.78, 5) is 18.4. The molecule has 19 heavy (non-hydrogen) atoms. The zero-order valence-electron chi connectivity index (χ0n) is 11.0. The van der Waals surface area contributed by atoms with Crippen LogP contribution < -0.4 is 4.74 Å². The molecule has 1 aromatic rings. The van der Waals surface area contributed by atoms with Crippen LogP contribution in [0.15, 0.2) is 18.3 Å². The van der Waals surface area contributed by atoms with E-state index in [2.05, 4.69) is 4.98 Å². The van der Waals surface area contributed by atoms with E-state index in [0.29, 0.717) is 30.5 Å². The maximum atomic E-state index is 12.6. The number of pyridine rings is 1. The highest BCUT2D eigenvalue weighted by Gasteiger charge is 2.31. The molecule has 1 aliphatic heterocycles. The Balaban J connectivity index is 2.22. The Morgan fingerprint density at radius 1 is 1.68 bits per heavy atom. The van der Waals surface area contributed by atoms with Gasteiger partial charge in [0.15, 0.2) is 0 Å². The fourth-order valence-corrected chi connectivity index (χ4v) is 2.25. The highest BCUT2D eigenvalue weighted by molar-refractivity contribution is 6.18. The Bertz CT molecular complexity index is 455. The first-order chi connectivity index (χ1) is 9.17. The molecule has 0 aromatic carbocycles. The van der Waals surface area contributed by atoms with Gasteiger partial charge in [-0.1, -0.05) is 0 Å². The van der Waals surface area contributed by atoms with E-state index in [0.717, 1.165) is 0 Å². The Kier molecular flexibility index (Phi) is 4.61. The van der Waals surface area contributed by atoms with Gasteiger partial charge in [0.2, 0.25) is 5.88 Å². The number of hydrogen-bond donors (Lipinski definition) is 0. The first kappa shape index (κ1) is 14.1. The normalized spacial score (nSPS) is 23.2. The van der Waals surface area contributed by atoms with Crippen molar-refractivity contribution in [1.82, 2.24) is 9.88 Å². The van der Waals surface area contributed by atoms with E-state index >= 15 is 0 Å². The van der Waals surface area contributed by atoms with Gasteiger partial charge in [0.25, 0.3) is 5.91 Å². The Hall–Kier alpha value is -1.33. The number of rotatable bonds is 3. The zero-order chi connectivity index (χ0) is 13.8. The van der Waals surface area contributed by atoms with Gasteiger partial charge in [0.05, 0.1) is 31.7 Å². The number of amides is 1. The van der Waals surface area contributed by atoms with Gasteiger partial charge in [-0.05, 0) is 19.1 Å². The van der Waals surface area contributed by atoms with Crippen molar-refractivity contribution in [2.24, 2.45) is 0 Å². The molecule has 5 nitrogen and oxygen atoms in total. The largest absolute Gasteiger partial charge is 0.480 e. The molecule has 2 atom stereocenters. The lowest BCUT2D eigenvalue weighted by atomic mass is 10.1. The number of ether oxygens (including phenoxy) is 2. The van der Waals surface area contributed by atoms with Gasteiger partial charge in [0.1, 0.15) is 5.56 Å². The molecule has 0 saturated carbocycles. The van der Waals surface area contributed by atoms with Gasteiger partial charge in [0, 0.05) is 12.7 Å². The SMILES string of the molecule is COc1ncccc1C(=O)N1CC(CCl)OCC1C. The third kappa shape index (κ3) is 2.98. The molecule has 1 aromatic heterocycles. The van der Waals surface area contributed by atoms with E-state index in [9.17, 15) is 4.79 Å². The van der Waals surface area contributed by atoms with Crippen LogP contribution in [0.3, 0.4) is 0 Å². The lowest BCUT2D eigenvalue weighted by molar-refractivity contribution is -0.0372. The molecule has 0 bridgehead atoms. The summed E-state index contributed by atoms with van der Waals surface area (Å²) in [6, 6.07) is 3.45. The Labute approximate surface area is 117 Å². The van der Waals surface area contributed by atoms with Crippen molar-refractivity contribution in [3.63, 3.8) is 0 Å². The third-order valence-electron chi connectivity index (χ3n) is 3.13. The van der Waals surface area contributed by atoms with Crippen molar-refractivity contribution in [2.75, 3.05) is 26.1 Å². The van der Waals surface area contributed by atoms with Crippen LogP contribution in [0.25, 0.3) is 0 Å². The lowest BCUT2D eigenvalue weighted by Gasteiger charge is -2.37. The summed E-state index contributed by atoms with van der Waals surface area (Å²) < 4.78 is 10.7. The third-order valence-corrected chi connectivity index (χ3v) is 3.48. The summed E-state index contributed by atoms with van der Waals surface area (Å²) in [5, 5.41) is 0. The lowest BCUT2D eigenvalue weighted by Crippen LogP contribution is -2.51. The monoisotopic (exact) mass is 284 g/mol. The van der Waals surface area contributed by atoms with Crippen molar-refractivity contribution in [3.05, 3.63) is 23.9 Å². The maximum absolute atomic E-state index is 12.6. The quantitative estimate of drug-likeness (QED) is 0.791. The summed E-state index contributed by atoms with van der Waals surface area (Å²) in [6.45, 7) is 2.93. The van der Waals surface area contributed by atoms with E-state index in [1.165, 1.54) is 7.11 Å². The van der Waals surface area contributed by atoms with Crippen LogP contribution >= 0.6 is 11.6 Å². The van der Waals surface area contributed by atoms with Crippen molar-refractivity contribution in [3.8, 4) is 5.88 Å². The van der Waals surface area contributed by atoms with Crippen molar-refractivity contribution in [1.29, 1.82) is 0 Å². The standard InChI is InChI=1S/C13H17ClN2O3/c1-9-8-19-10(6-14)7-16(9)13(17)11-4-3-5-15-12(11)18-2/h3-5,9-10H,6-8H2,1-2H3. The molecule has 1 aliphatic rings. The molecule has 2 heterocycles. The predicted molar refractivity (Wildman–Crippen MR) is 71.7 cm³/mol. The van der Waals surface area contributed by atoms with E-state index in [4.69, 9.17) is 21.1 Å². The van der Waals surface area contributed by atoms with Gasteiger partial charge < -0.3 is 14.4 Å². The van der Waals surface area contributed by atoms with Gasteiger partial charge in [-0.2, -0.15) is 0 Å². The molecule has 0 N–H and O–H groups in total. The highest BCUT2D eigenvalue weighted by Crippen LogP contribution is 2.21. The first-order valence-electron chi connectivity index (χ1n) is 6.15. The number of carbonyl (C=O) groups excluding carboxylic acids is 1.